The van der Waals surface area contributed by atoms with E-state index in [1.54, 1.807) is 23.5 Å². The van der Waals surface area contributed by atoms with Gasteiger partial charge in [-0.15, -0.1) is 11.3 Å². The maximum absolute atomic E-state index is 12.9. The third-order valence-electron chi connectivity index (χ3n) is 5.47. The fourth-order valence-electron chi connectivity index (χ4n) is 3.66. The molecule has 1 fully saturated rings. The van der Waals surface area contributed by atoms with Gasteiger partial charge in [-0.2, -0.15) is 0 Å². The second-order valence-electron chi connectivity index (χ2n) is 7.51. The first-order valence-corrected chi connectivity index (χ1v) is 11.3. The number of carbonyl (C=O) groups is 1. The number of amides is 1. The standard InChI is InChI=1S/C23H27N3O4S/c1-16-20(17(2)30-25-16)15-29-19-6-3-5-18(13-19)23(27)24-14-21(22-7-4-12-31-22)26-8-10-28-11-9-26/h3-7,12-13,21H,8-11,14-15H2,1-2H3,(H,24,27). The molecule has 0 radical (unpaired) electrons. The number of morpholine rings is 1. The third-order valence-corrected chi connectivity index (χ3v) is 6.45. The van der Waals surface area contributed by atoms with Crippen LogP contribution in [-0.2, 0) is 11.3 Å². The highest BCUT2D eigenvalue weighted by Gasteiger charge is 2.24. The van der Waals surface area contributed by atoms with Crippen LogP contribution in [0.5, 0.6) is 5.75 Å². The van der Waals surface area contributed by atoms with Gasteiger partial charge in [0.05, 0.1) is 30.5 Å². The molecular formula is C23H27N3O4S. The van der Waals surface area contributed by atoms with E-state index in [1.165, 1.54) is 4.88 Å². The molecule has 3 aromatic rings. The highest BCUT2D eigenvalue weighted by Crippen LogP contribution is 2.26. The minimum Gasteiger partial charge on any atom is -0.489 e. The van der Waals surface area contributed by atoms with E-state index in [4.69, 9.17) is 14.0 Å². The normalized spacial score (nSPS) is 15.5. The van der Waals surface area contributed by atoms with Gasteiger partial charge in [0.1, 0.15) is 18.1 Å². The van der Waals surface area contributed by atoms with Crippen molar-refractivity contribution < 1.29 is 18.8 Å². The second-order valence-corrected chi connectivity index (χ2v) is 8.49. The molecule has 0 aliphatic carbocycles. The van der Waals surface area contributed by atoms with Gasteiger partial charge < -0.3 is 19.3 Å². The molecule has 164 valence electrons. The molecule has 7 nitrogen and oxygen atoms in total. The number of hydrogen-bond donors (Lipinski definition) is 1. The number of aromatic nitrogens is 1. The van der Waals surface area contributed by atoms with Gasteiger partial charge in [-0.05, 0) is 43.5 Å². The summed E-state index contributed by atoms with van der Waals surface area (Å²) in [5, 5.41) is 9.12. The molecule has 1 amide bonds. The van der Waals surface area contributed by atoms with Gasteiger partial charge in [0, 0.05) is 30.1 Å². The Morgan fingerprint density at radius 3 is 2.81 bits per heavy atom. The summed E-state index contributed by atoms with van der Waals surface area (Å²) >= 11 is 1.72. The number of ether oxygens (including phenoxy) is 2. The van der Waals surface area contributed by atoms with Crippen LogP contribution in [0.4, 0.5) is 0 Å². The quantitative estimate of drug-likeness (QED) is 0.574. The second kappa shape index (κ2) is 10.1. The molecule has 1 aliphatic rings. The van der Waals surface area contributed by atoms with Crippen molar-refractivity contribution in [3.8, 4) is 5.75 Å². The fourth-order valence-corrected chi connectivity index (χ4v) is 4.52. The Labute approximate surface area is 185 Å². The van der Waals surface area contributed by atoms with E-state index in [1.807, 2.05) is 26.0 Å². The Hall–Kier alpha value is -2.68. The molecule has 0 saturated carbocycles. The zero-order valence-corrected chi connectivity index (χ0v) is 18.6. The third kappa shape index (κ3) is 5.33. The molecule has 8 heteroatoms. The van der Waals surface area contributed by atoms with Gasteiger partial charge in [0.15, 0.2) is 0 Å². The Kier molecular flexibility index (Phi) is 7.01. The molecule has 1 saturated heterocycles. The van der Waals surface area contributed by atoms with E-state index < -0.39 is 0 Å². The summed E-state index contributed by atoms with van der Waals surface area (Å²) < 4.78 is 16.5. The van der Waals surface area contributed by atoms with Gasteiger partial charge >= 0.3 is 0 Å². The molecule has 4 rings (SSSR count). The SMILES string of the molecule is Cc1noc(C)c1COc1cccc(C(=O)NCC(c2cccs2)N2CCOCC2)c1. The molecule has 1 atom stereocenters. The summed E-state index contributed by atoms with van der Waals surface area (Å²) in [4.78, 5) is 16.5. The number of rotatable bonds is 8. The number of benzene rings is 1. The summed E-state index contributed by atoms with van der Waals surface area (Å²) in [7, 11) is 0. The minimum absolute atomic E-state index is 0.113. The molecule has 1 N–H and O–H groups in total. The maximum atomic E-state index is 12.9. The van der Waals surface area contributed by atoms with Crippen LogP contribution < -0.4 is 10.1 Å². The monoisotopic (exact) mass is 441 g/mol. The lowest BCUT2D eigenvalue weighted by Crippen LogP contribution is -2.43. The molecule has 1 unspecified atom stereocenters. The van der Waals surface area contributed by atoms with Gasteiger partial charge in [0.25, 0.3) is 5.91 Å². The molecular weight excluding hydrogens is 414 g/mol. The number of aryl methyl sites for hydroxylation is 2. The predicted molar refractivity (Wildman–Crippen MR) is 119 cm³/mol. The molecule has 0 spiro atoms. The summed E-state index contributed by atoms with van der Waals surface area (Å²) in [6, 6.07) is 11.6. The van der Waals surface area contributed by atoms with E-state index in [2.05, 4.69) is 32.9 Å². The van der Waals surface area contributed by atoms with Crippen LogP contribution in [0.1, 0.15) is 38.3 Å². The van der Waals surface area contributed by atoms with E-state index >= 15 is 0 Å². The van der Waals surface area contributed by atoms with Crippen LogP contribution >= 0.6 is 11.3 Å². The molecule has 2 aromatic heterocycles. The average Bonchev–Trinajstić information content (AvgIpc) is 3.44. The Morgan fingerprint density at radius 2 is 2.10 bits per heavy atom. The van der Waals surface area contributed by atoms with E-state index in [0.29, 0.717) is 24.5 Å². The first kappa shape index (κ1) is 21.5. The van der Waals surface area contributed by atoms with Crippen LogP contribution in [0.15, 0.2) is 46.3 Å². The lowest BCUT2D eigenvalue weighted by atomic mass is 10.1. The zero-order valence-electron chi connectivity index (χ0n) is 17.8. The van der Waals surface area contributed by atoms with E-state index in [-0.39, 0.29) is 11.9 Å². The number of thiophene rings is 1. The summed E-state index contributed by atoms with van der Waals surface area (Å²) in [5.41, 5.74) is 2.32. The lowest BCUT2D eigenvalue weighted by Gasteiger charge is -2.34. The number of nitrogens with one attached hydrogen (secondary N) is 1. The smallest absolute Gasteiger partial charge is 0.251 e. The van der Waals surface area contributed by atoms with Crippen LogP contribution in [0, 0.1) is 13.8 Å². The largest absolute Gasteiger partial charge is 0.489 e. The van der Waals surface area contributed by atoms with Crippen LogP contribution in [0.3, 0.4) is 0 Å². The van der Waals surface area contributed by atoms with Crippen molar-refractivity contribution >= 4 is 17.2 Å². The van der Waals surface area contributed by atoms with E-state index in [0.717, 1.165) is 43.3 Å². The minimum atomic E-state index is -0.113. The van der Waals surface area contributed by atoms with Crippen LogP contribution in [0.25, 0.3) is 0 Å². The lowest BCUT2D eigenvalue weighted by molar-refractivity contribution is 0.0169. The van der Waals surface area contributed by atoms with Gasteiger partial charge in [-0.3, -0.25) is 9.69 Å². The van der Waals surface area contributed by atoms with Crippen molar-refractivity contribution in [1.82, 2.24) is 15.4 Å². The van der Waals surface area contributed by atoms with E-state index in [9.17, 15) is 4.79 Å². The van der Waals surface area contributed by atoms with Crippen molar-refractivity contribution in [2.45, 2.75) is 26.5 Å². The van der Waals surface area contributed by atoms with Crippen molar-refractivity contribution in [2.24, 2.45) is 0 Å². The molecule has 0 bridgehead atoms. The Bertz CT molecular complexity index is 977. The summed E-state index contributed by atoms with van der Waals surface area (Å²) in [6.07, 6.45) is 0. The Morgan fingerprint density at radius 1 is 1.26 bits per heavy atom. The fraction of sp³-hybridized carbons (Fsp3) is 0.391. The highest BCUT2D eigenvalue weighted by atomic mass is 32.1. The molecule has 1 aliphatic heterocycles. The number of hydrogen-bond acceptors (Lipinski definition) is 7. The zero-order chi connectivity index (χ0) is 21.6. The highest BCUT2D eigenvalue weighted by molar-refractivity contribution is 7.10. The first-order chi connectivity index (χ1) is 15.1. The molecule has 31 heavy (non-hydrogen) atoms. The van der Waals surface area contributed by atoms with Crippen LogP contribution in [-0.4, -0.2) is 48.8 Å². The topological polar surface area (TPSA) is 76.8 Å². The van der Waals surface area contributed by atoms with Gasteiger partial charge in [-0.1, -0.05) is 17.3 Å². The molecule has 3 heterocycles. The van der Waals surface area contributed by atoms with Gasteiger partial charge in [0.2, 0.25) is 0 Å². The van der Waals surface area contributed by atoms with Crippen molar-refractivity contribution in [2.75, 3.05) is 32.8 Å². The van der Waals surface area contributed by atoms with Crippen molar-refractivity contribution in [1.29, 1.82) is 0 Å². The number of nitrogens with zero attached hydrogens (tertiary/aromatic N) is 2. The summed E-state index contributed by atoms with van der Waals surface area (Å²) in [5.74, 6) is 1.27. The van der Waals surface area contributed by atoms with Gasteiger partial charge in [-0.25, -0.2) is 0 Å². The first-order valence-electron chi connectivity index (χ1n) is 10.4. The Balaban J connectivity index is 1.39. The molecule has 1 aromatic carbocycles. The predicted octanol–water partition coefficient (Wildman–Crippen LogP) is 3.74. The van der Waals surface area contributed by atoms with Crippen molar-refractivity contribution in [3.63, 3.8) is 0 Å². The van der Waals surface area contributed by atoms with Crippen molar-refractivity contribution in [3.05, 3.63) is 69.2 Å². The number of carbonyl (C=O) groups excluding carboxylic acids is 1. The maximum Gasteiger partial charge on any atom is 0.251 e. The summed E-state index contributed by atoms with van der Waals surface area (Å²) in [6.45, 7) is 7.82. The van der Waals surface area contributed by atoms with Crippen LogP contribution in [0.2, 0.25) is 0 Å². The average molecular weight is 442 g/mol.